The Labute approximate surface area is 123 Å². The van der Waals surface area contributed by atoms with E-state index in [1.165, 1.54) is 6.92 Å². The number of para-hydroxylation sites is 1. The third kappa shape index (κ3) is 4.67. The van der Waals surface area contributed by atoms with E-state index in [4.69, 9.17) is 23.2 Å². The summed E-state index contributed by atoms with van der Waals surface area (Å²) in [5, 5.41) is 0.394. The Bertz CT molecular complexity index is 517. The van der Waals surface area contributed by atoms with Crippen molar-refractivity contribution in [3.8, 4) is 0 Å². The fraction of sp³-hybridized carbons (Fsp3) is 0.417. The molecule has 1 amide bonds. The number of amides is 1. The highest BCUT2D eigenvalue weighted by Crippen LogP contribution is 2.16. The Kier molecular flexibility index (Phi) is 6.10. The number of nitrogens with one attached hydrogen (secondary N) is 1. The van der Waals surface area contributed by atoms with E-state index < -0.39 is 26.4 Å². The van der Waals surface area contributed by atoms with E-state index in [0.717, 1.165) is 0 Å². The summed E-state index contributed by atoms with van der Waals surface area (Å²) in [6.07, 6.45) is 0. The van der Waals surface area contributed by atoms with Crippen molar-refractivity contribution in [3.05, 3.63) is 30.3 Å². The first-order valence-electron chi connectivity index (χ1n) is 5.66. The number of halogens is 2. The topological polar surface area (TPSA) is 63.2 Å². The van der Waals surface area contributed by atoms with E-state index in [2.05, 4.69) is 5.32 Å². The van der Waals surface area contributed by atoms with Gasteiger partial charge in [0, 0.05) is 11.6 Å². The normalized spacial score (nSPS) is 14.7. The van der Waals surface area contributed by atoms with Crippen LogP contribution < -0.4 is 5.32 Å². The summed E-state index contributed by atoms with van der Waals surface area (Å²) < 4.78 is 23.9. The lowest BCUT2D eigenvalue weighted by Gasteiger charge is -2.18. The molecule has 1 aromatic rings. The van der Waals surface area contributed by atoms with Crippen molar-refractivity contribution >= 4 is 44.6 Å². The Morgan fingerprint density at radius 2 is 1.89 bits per heavy atom. The van der Waals surface area contributed by atoms with Crippen LogP contribution in [0.25, 0.3) is 0 Å². The molecule has 0 aliphatic rings. The monoisotopic (exact) mass is 323 g/mol. The van der Waals surface area contributed by atoms with Crippen molar-refractivity contribution in [2.24, 2.45) is 0 Å². The first-order chi connectivity index (χ1) is 8.88. The van der Waals surface area contributed by atoms with Crippen LogP contribution in [0, 0.1) is 0 Å². The van der Waals surface area contributed by atoms with Crippen molar-refractivity contribution in [2.45, 2.75) is 17.6 Å². The molecule has 0 saturated heterocycles. The average Bonchev–Trinajstić information content (AvgIpc) is 2.28. The number of rotatable bonds is 6. The summed E-state index contributed by atoms with van der Waals surface area (Å²) in [5.74, 6) is -0.988. The maximum Gasteiger partial charge on any atom is 0.244 e. The van der Waals surface area contributed by atoms with Gasteiger partial charge in [0.05, 0.1) is 11.1 Å². The first kappa shape index (κ1) is 16.3. The average molecular weight is 324 g/mol. The van der Waals surface area contributed by atoms with Crippen LogP contribution in [-0.4, -0.2) is 36.6 Å². The van der Waals surface area contributed by atoms with E-state index >= 15 is 0 Å². The molecule has 1 rings (SSSR count). The van der Waals surface area contributed by atoms with Gasteiger partial charge in [-0.25, -0.2) is 8.42 Å². The SMILES string of the molecule is C[C@H](Cl)[C@@H](C(=O)Nc1ccccc1)S(=O)(=O)CCCl. The van der Waals surface area contributed by atoms with Crippen LogP contribution >= 0.6 is 23.2 Å². The zero-order valence-corrected chi connectivity index (χ0v) is 12.7. The fourth-order valence-corrected chi connectivity index (χ4v) is 4.28. The Morgan fingerprint density at radius 3 is 2.37 bits per heavy atom. The molecule has 0 unspecified atom stereocenters. The lowest BCUT2D eigenvalue weighted by atomic mass is 10.2. The molecule has 0 aromatic heterocycles. The number of hydrogen-bond donors (Lipinski definition) is 1. The largest absolute Gasteiger partial charge is 0.325 e. The van der Waals surface area contributed by atoms with Gasteiger partial charge in [-0.15, -0.1) is 23.2 Å². The Morgan fingerprint density at radius 1 is 1.32 bits per heavy atom. The molecule has 4 nitrogen and oxygen atoms in total. The summed E-state index contributed by atoms with van der Waals surface area (Å²) in [5.41, 5.74) is 0.524. The Hall–Kier alpha value is -0.780. The number of hydrogen-bond acceptors (Lipinski definition) is 3. The van der Waals surface area contributed by atoms with Crippen molar-refractivity contribution in [1.82, 2.24) is 0 Å². The second-order valence-electron chi connectivity index (χ2n) is 4.01. The van der Waals surface area contributed by atoms with Gasteiger partial charge in [-0.2, -0.15) is 0 Å². The molecule has 1 aromatic carbocycles. The first-order valence-corrected chi connectivity index (χ1v) is 8.34. The standard InChI is InChI=1S/C12H15Cl2NO3S/c1-9(14)11(19(17,18)8-7-13)12(16)15-10-5-3-2-4-6-10/h2-6,9,11H,7-8H2,1H3,(H,15,16)/t9-,11-/m0/s1. The number of benzene rings is 1. The zero-order chi connectivity index (χ0) is 14.5. The third-order valence-corrected chi connectivity index (χ3v) is 5.45. The van der Waals surface area contributed by atoms with E-state index in [1.807, 2.05) is 0 Å². The van der Waals surface area contributed by atoms with E-state index in [1.54, 1.807) is 30.3 Å². The predicted octanol–water partition coefficient (Wildman–Crippen LogP) is 2.27. The van der Waals surface area contributed by atoms with Crippen LogP contribution in [0.3, 0.4) is 0 Å². The molecule has 0 aliphatic carbocycles. The molecule has 0 saturated carbocycles. The van der Waals surface area contributed by atoms with Gasteiger partial charge in [0.15, 0.2) is 15.1 Å². The van der Waals surface area contributed by atoms with Gasteiger partial charge >= 0.3 is 0 Å². The number of carbonyl (C=O) groups excluding carboxylic acids is 1. The molecule has 0 aliphatic heterocycles. The molecular formula is C12H15Cl2NO3S. The van der Waals surface area contributed by atoms with Crippen LogP contribution in [0.5, 0.6) is 0 Å². The van der Waals surface area contributed by atoms with Crippen molar-refractivity contribution in [2.75, 3.05) is 16.9 Å². The summed E-state index contributed by atoms with van der Waals surface area (Å²) in [6, 6.07) is 8.61. The van der Waals surface area contributed by atoms with Crippen molar-refractivity contribution in [1.29, 1.82) is 0 Å². The van der Waals surface area contributed by atoms with E-state index in [-0.39, 0.29) is 11.6 Å². The van der Waals surface area contributed by atoms with Crippen LogP contribution in [0.4, 0.5) is 5.69 Å². The second kappa shape index (κ2) is 7.12. The van der Waals surface area contributed by atoms with Gasteiger partial charge in [-0.3, -0.25) is 4.79 Å². The molecule has 0 bridgehead atoms. The molecule has 1 N–H and O–H groups in total. The highest BCUT2D eigenvalue weighted by molar-refractivity contribution is 7.93. The number of sulfone groups is 1. The molecular weight excluding hydrogens is 309 g/mol. The maximum atomic E-state index is 12.1. The fourth-order valence-electron chi connectivity index (χ4n) is 1.63. The second-order valence-corrected chi connectivity index (χ2v) is 7.32. The van der Waals surface area contributed by atoms with Gasteiger partial charge < -0.3 is 5.32 Å². The van der Waals surface area contributed by atoms with E-state index in [0.29, 0.717) is 5.69 Å². The molecule has 2 atom stereocenters. The molecule has 0 heterocycles. The minimum Gasteiger partial charge on any atom is -0.325 e. The van der Waals surface area contributed by atoms with Gasteiger partial charge in [0.1, 0.15) is 0 Å². The minimum absolute atomic E-state index is 0.0684. The molecule has 7 heteroatoms. The van der Waals surface area contributed by atoms with E-state index in [9.17, 15) is 13.2 Å². The van der Waals surface area contributed by atoms with Crippen molar-refractivity contribution < 1.29 is 13.2 Å². The summed E-state index contributed by atoms with van der Waals surface area (Å²) in [6.45, 7) is 1.47. The van der Waals surface area contributed by atoms with Crippen LogP contribution in [0.2, 0.25) is 0 Å². The molecule has 0 radical (unpaired) electrons. The molecule has 106 valence electrons. The quantitative estimate of drug-likeness (QED) is 0.817. The number of alkyl halides is 2. The zero-order valence-electron chi connectivity index (χ0n) is 10.3. The van der Waals surface area contributed by atoms with Gasteiger partial charge in [0.2, 0.25) is 5.91 Å². The van der Waals surface area contributed by atoms with Crippen LogP contribution in [0.1, 0.15) is 6.92 Å². The Balaban J connectivity index is 2.92. The molecule has 0 spiro atoms. The number of carbonyl (C=O) groups is 1. The lowest BCUT2D eigenvalue weighted by Crippen LogP contribution is -2.42. The highest BCUT2D eigenvalue weighted by atomic mass is 35.5. The molecule has 0 fully saturated rings. The van der Waals surface area contributed by atoms with Gasteiger partial charge in [-0.1, -0.05) is 18.2 Å². The van der Waals surface area contributed by atoms with Gasteiger partial charge in [-0.05, 0) is 19.1 Å². The third-order valence-electron chi connectivity index (χ3n) is 2.47. The summed E-state index contributed by atoms with van der Waals surface area (Å²) in [7, 11) is -3.67. The molecule has 19 heavy (non-hydrogen) atoms. The van der Waals surface area contributed by atoms with Gasteiger partial charge in [0.25, 0.3) is 0 Å². The number of anilines is 1. The lowest BCUT2D eigenvalue weighted by molar-refractivity contribution is -0.115. The smallest absolute Gasteiger partial charge is 0.244 e. The highest BCUT2D eigenvalue weighted by Gasteiger charge is 2.36. The van der Waals surface area contributed by atoms with Crippen LogP contribution in [0.15, 0.2) is 30.3 Å². The minimum atomic E-state index is -3.67. The van der Waals surface area contributed by atoms with Crippen molar-refractivity contribution in [3.63, 3.8) is 0 Å². The van der Waals surface area contributed by atoms with Crippen LogP contribution in [-0.2, 0) is 14.6 Å². The predicted molar refractivity (Wildman–Crippen MR) is 78.7 cm³/mol. The summed E-state index contributed by atoms with van der Waals surface area (Å²) in [4.78, 5) is 12.1. The summed E-state index contributed by atoms with van der Waals surface area (Å²) >= 11 is 11.3. The maximum absolute atomic E-state index is 12.1.